The second-order valence-corrected chi connectivity index (χ2v) is 6.22. The molecule has 1 amide bonds. The van der Waals surface area contributed by atoms with Gasteiger partial charge in [-0.2, -0.15) is 0 Å². The SMILES string of the molecule is CCCCOCCOCCN(Cc1ccccc1)C(=O)C(Cl)Cl. The van der Waals surface area contributed by atoms with Crippen LogP contribution in [-0.2, 0) is 20.8 Å². The smallest absolute Gasteiger partial charge is 0.256 e. The van der Waals surface area contributed by atoms with Crippen LogP contribution in [0.2, 0.25) is 0 Å². The van der Waals surface area contributed by atoms with Crippen molar-refractivity contribution in [1.29, 1.82) is 0 Å². The van der Waals surface area contributed by atoms with Crippen molar-refractivity contribution in [2.75, 3.05) is 33.0 Å². The highest BCUT2D eigenvalue weighted by Gasteiger charge is 2.20. The molecule has 0 spiro atoms. The lowest BCUT2D eigenvalue weighted by Crippen LogP contribution is -2.37. The number of ether oxygens (including phenoxy) is 2. The number of carbonyl (C=O) groups excluding carboxylic acids is 1. The van der Waals surface area contributed by atoms with E-state index in [4.69, 9.17) is 32.7 Å². The number of benzene rings is 1. The van der Waals surface area contributed by atoms with E-state index in [0.717, 1.165) is 25.0 Å². The van der Waals surface area contributed by atoms with E-state index in [1.165, 1.54) is 0 Å². The standard InChI is InChI=1S/C17H25Cl2NO3/c1-2-3-10-22-12-13-23-11-9-20(17(21)16(18)19)14-15-7-5-4-6-8-15/h4-8,16H,2-3,9-14H2,1H3. The molecule has 130 valence electrons. The van der Waals surface area contributed by atoms with Gasteiger partial charge in [-0.25, -0.2) is 0 Å². The Morgan fingerprint density at radius 2 is 1.74 bits per heavy atom. The maximum atomic E-state index is 12.1. The third-order valence-corrected chi connectivity index (χ3v) is 3.61. The monoisotopic (exact) mass is 361 g/mol. The van der Waals surface area contributed by atoms with Crippen LogP contribution < -0.4 is 0 Å². The van der Waals surface area contributed by atoms with Gasteiger partial charge < -0.3 is 14.4 Å². The van der Waals surface area contributed by atoms with Gasteiger partial charge in [-0.15, -0.1) is 0 Å². The fourth-order valence-electron chi connectivity index (χ4n) is 1.95. The maximum Gasteiger partial charge on any atom is 0.256 e. The number of nitrogens with zero attached hydrogens (tertiary/aromatic N) is 1. The van der Waals surface area contributed by atoms with Gasteiger partial charge >= 0.3 is 0 Å². The van der Waals surface area contributed by atoms with E-state index in [1.807, 2.05) is 30.3 Å². The molecule has 0 bridgehead atoms. The number of hydrogen-bond acceptors (Lipinski definition) is 3. The second-order valence-electron chi connectivity index (χ2n) is 5.12. The maximum absolute atomic E-state index is 12.1. The molecule has 0 unspecified atom stereocenters. The van der Waals surface area contributed by atoms with Crippen LogP contribution in [-0.4, -0.2) is 48.6 Å². The summed E-state index contributed by atoms with van der Waals surface area (Å²) in [5, 5.41) is 0. The lowest BCUT2D eigenvalue weighted by Gasteiger charge is -2.23. The molecule has 6 heteroatoms. The van der Waals surface area contributed by atoms with Crippen LogP contribution in [0.4, 0.5) is 0 Å². The lowest BCUT2D eigenvalue weighted by molar-refractivity contribution is -0.130. The summed E-state index contributed by atoms with van der Waals surface area (Å²) in [6, 6.07) is 9.71. The van der Waals surface area contributed by atoms with E-state index in [2.05, 4.69) is 6.92 Å². The van der Waals surface area contributed by atoms with Crippen molar-refractivity contribution >= 4 is 29.1 Å². The van der Waals surface area contributed by atoms with Gasteiger partial charge in [0.05, 0.1) is 19.8 Å². The van der Waals surface area contributed by atoms with E-state index in [-0.39, 0.29) is 5.91 Å². The molecule has 0 fully saturated rings. The van der Waals surface area contributed by atoms with Crippen molar-refractivity contribution in [3.8, 4) is 0 Å². The Kier molecular flexibility index (Phi) is 11.1. The highest BCUT2D eigenvalue weighted by Crippen LogP contribution is 2.11. The predicted molar refractivity (Wildman–Crippen MR) is 93.9 cm³/mol. The molecule has 0 aliphatic rings. The molecule has 0 radical (unpaired) electrons. The Morgan fingerprint density at radius 1 is 1.09 bits per heavy atom. The average Bonchev–Trinajstić information content (AvgIpc) is 2.56. The van der Waals surface area contributed by atoms with Crippen molar-refractivity contribution in [3.05, 3.63) is 35.9 Å². The first-order chi connectivity index (χ1) is 11.1. The first-order valence-electron chi connectivity index (χ1n) is 7.91. The molecule has 23 heavy (non-hydrogen) atoms. The predicted octanol–water partition coefficient (Wildman–Crippen LogP) is 3.65. The molecule has 0 saturated carbocycles. The van der Waals surface area contributed by atoms with Gasteiger partial charge in [-0.1, -0.05) is 66.9 Å². The van der Waals surface area contributed by atoms with E-state index in [9.17, 15) is 4.79 Å². The lowest BCUT2D eigenvalue weighted by atomic mass is 10.2. The normalized spacial score (nSPS) is 11.0. The fourth-order valence-corrected chi connectivity index (χ4v) is 2.23. The number of halogens is 2. The molecule has 0 saturated heterocycles. The molecule has 0 aliphatic carbocycles. The minimum Gasteiger partial charge on any atom is -0.379 e. The molecule has 4 nitrogen and oxygen atoms in total. The molecular weight excluding hydrogens is 337 g/mol. The summed E-state index contributed by atoms with van der Waals surface area (Å²) >= 11 is 11.4. The van der Waals surface area contributed by atoms with Gasteiger partial charge in [-0.3, -0.25) is 4.79 Å². The Bertz CT molecular complexity index is 429. The number of hydrogen-bond donors (Lipinski definition) is 0. The zero-order valence-corrected chi connectivity index (χ0v) is 15.1. The van der Waals surface area contributed by atoms with Gasteiger partial charge in [0.2, 0.25) is 0 Å². The summed E-state index contributed by atoms with van der Waals surface area (Å²) in [6.45, 7) is 5.31. The van der Waals surface area contributed by atoms with Crippen molar-refractivity contribution < 1.29 is 14.3 Å². The van der Waals surface area contributed by atoms with Crippen LogP contribution in [0.5, 0.6) is 0 Å². The Labute approximate surface area is 148 Å². The minimum absolute atomic E-state index is 0.306. The average molecular weight is 362 g/mol. The minimum atomic E-state index is -1.06. The van der Waals surface area contributed by atoms with Gasteiger partial charge in [0.25, 0.3) is 5.91 Å². The van der Waals surface area contributed by atoms with Crippen LogP contribution in [0.1, 0.15) is 25.3 Å². The third kappa shape index (κ3) is 9.16. The largest absolute Gasteiger partial charge is 0.379 e. The van der Waals surface area contributed by atoms with Gasteiger partial charge in [-0.05, 0) is 12.0 Å². The summed E-state index contributed by atoms with van der Waals surface area (Å²) in [4.78, 5) is 12.6. The van der Waals surface area contributed by atoms with Gasteiger partial charge in [0.15, 0.2) is 4.84 Å². The summed E-state index contributed by atoms with van der Waals surface area (Å²) < 4.78 is 10.9. The quantitative estimate of drug-likeness (QED) is 0.421. The molecule has 0 aromatic heterocycles. The molecule has 1 aromatic rings. The number of alkyl halides is 2. The second kappa shape index (κ2) is 12.6. The molecular formula is C17H25Cl2NO3. The first kappa shape index (κ1) is 20.2. The molecule has 0 N–H and O–H groups in total. The molecule has 1 rings (SSSR count). The number of amides is 1. The van der Waals surface area contributed by atoms with Crippen LogP contribution in [0.25, 0.3) is 0 Å². The van der Waals surface area contributed by atoms with Crippen LogP contribution >= 0.6 is 23.2 Å². The van der Waals surface area contributed by atoms with Crippen molar-refractivity contribution in [2.45, 2.75) is 31.1 Å². The van der Waals surface area contributed by atoms with Crippen molar-refractivity contribution in [1.82, 2.24) is 4.90 Å². The van der Waals surface area contributed by atoms with Crippen molar-refractivity contribution in [3.63, 3.8) is 0 Å². The molecule has 0 atom stereocenters. The van der Waals surface area contributed by atoms with Gasteiger partial charge in [0.1, 0.15) is 0 Å². The van der Waals surface area contributed by atoms with E-state index < -0.39 is 4.84 Å². The molecule has 0 aliphatic heterocycles. The third-order valence-electron chi connectivity index (χ3n) is 3.23. The van der Waals surface area contributed by atoms with Crippen molar-refractivity contribution in [2.24, 2.45) is 0 Å². The Balaban J connectivity index is 2.32. The zero-order chi connectivity index (χ0) is 16.9. The van der Waals surface area contributed by atoms with Crippen LogP contribution in [0.3, 0.4) is 0 Å². The molecule has 0 heterocycles. The zero-order valence-electron chi connectivity index (χ0n) is 13.5. The number of carbonyl (C=O) groups is 1. The van der Waals surface area contributed by atoms with Crippen LogP contribution in [0, 0.1) is 0 Å². The summed E-state index contributed by atoms with van der Waals surface area (Å²) in [5.74, 6) is -0.306. The Morgan fingerprint density at radius 3 is 2.35 bits per heavy atom. The number of unbranched alkanes of at least 4 members (excludes halogenated alkanes) is 1. The summed E-state index contributed by atoms with van der Waals surface area (Å²) in [6.07, 6.45) is 2.18. The van der Waals surface area contributed by atoms with Gasteiger partial charge in [0, 0.05) is 19.7 Å². The highest BCUT2D eigenvalue weighted by molar-refractivity contribution is 6.53. The van der Waals surface area contributed by atoms with E-state index in [1.54, 1.807) is 4.90 Å². The number of rotatable bonds is 12. The first-order valence-corrected chi connectivity index (χ1v) is 8.78. The summed E-state index contributed by atoms with van der Waals surface area (Å²) in [5.41, 5.74) is 1.03. The van der Waals surface area contributed by atoms with Crippen LogP contribution in [0.15, 0.2) is 30.3 Å². The molecule has 1 aromatic carbocycles. The van der Waals surface area contributed by atoms with E-state index in [0.29, 0.717) is 32.9 Å². The Hall–Kier alpha value is -0.810. The fraction of sp³-hybridized carbons (Fsp3) is 0.588. The highest BCUT2D eigenvalue weighted by atomic mass is 35.5. The van der Waals surface area contributed by atoms with E-state index >= 15 is 0 Å². The topological polar surface area (TPSA) is 38.8 Å². The summed E-state index contributed by atoms with van der Waals surface area (Å²) in [7, 11) is 0.